The molecule has 0 unspecified atom stereocenters. The molecule has 0 aliphatic heterocycles. The molecule has 3 heterocycles. The average Bonchev–Trinajstić information content (AvgIpc) is 2.73. The lowest BCUT2D eigenvalue weighted by Crippen LogP contribution is -1.94. The maximum Gasteiger partial charge on any atom is 0.181 e. The summed E-state index contributed by atoms with van der Waals surface area (Å²) in [6.07, 6.45) is 4.99. The summed E-state index contributed by atoms with van der Waals surface area (Å²) in [4.78, 5) is 16.9. The Balaban J connectivity index is 2.36. The van der Waals surface area contributed by atoms with E-state index in [0.717, 1.165) is 16.9 Å². The fraction of sp³-hybridized carbons (Fsp3) is 0.0909. The molecule has 0 aromatic carbocycles. The van der Waals surface area contributed by atoms with E-state index < -0.39 is 0 Å². The Labute approximate surface area is 91.8 Å². The second kappa shape index (κ2) is 3.37. The molecule has 3 rings (SSSR count). The minimum atomic E-state index is 0.693. The smallest absolute Gasteiger partial charge is 0.181 e. The van der Waals surface area contributed by atoms with Crippen LogP contribution in [0.3, 0.4) is 0 Å². The van der Waals surface area contributed by atoms with Crippen molar-refractivity contribution in [2.45, 2.75) is 0 Å². The lowest BCUT2D eigenvalue weighted by Gasteiger charge is -2.02. The lowest BCUT2D eigenvalue weighted by molar-refractivity contribution is 0.945. The molecule has 0 spiro atoms. The van der Waals surface area contributed by atoms with Crippen molar-refractivity contribution in [3.05, 3.63) is 37.1 Å². The second-order valence-electron chi connectivity index (χ2n) is 3.46. The first-order valence-electron chi connectivity index (χ1n) is 4.89. The highest BCUT2D eigenvalue weighted by Crippen LogP contribution is 2.21. The molecular weight excluding hydrogens is 202 g/mol. The van der Waals surface area contributed by atoms with Crippen molar-refractivity contribution in [1.82, 2.24) is 24.5 Å². The van der Waals surface area contributed by atoms with E-state index in [1.807, 2.05) is 29.8 Å². The summed E-state index contributed by atoms with van der Waals surface area (Å²) >= 11 is 0. The van der Waals surface area contributed by atoms with Crippen LogP contribution in [0.2, 0.25) is 0 Å². The van der Waals surface area contributed by atoms with Gasteiger partial charge in [-0.05, 0) is 12.1 Å². The third-order valence-corrected chi connectivity index (χ3v) is 2.42. The van der Waals surface area contributed by atoms with Crippen LogP contribution in [0.5, 0.6) is 0 Å². The third-order valence-electron chi connectivity index (χ3n) is 2.42. The topological polar surface area (TPSA) is 56.5 Å². The summed E-state index contributed by atoms with van der Waals surface area (Å²) in [6, 6.07) is 5.74. The van der Waals surface area contributed by atoms with Crippen LogP contribution < -0.4 is 0 Å². The average molecular weight is 211 g/mol. The maximum absolute atomic E-state index is 4.29. The largest absolute Gasteiger partial charge is 0.331 e. The zero-order valence-corrected chi connectivity index (χ0v) is 8.70. The molecule has 3 aromatic rings. The molecule has 5 heteroatoms. The zero-order valence-electron chi connectivity index (χ0n) is 8.70. The molecule has 0 saturated heterocycles. The molecule has 0 N–H and O–H groups in total. The third kappa shape index (κ3) is 1.25. The summed E-state index contributed by atoms with van der Waals surface area (Å²) in [5.74, 6) is 0. The number of hydrogen-bond acceptors (Lipinski definition) is 4. The van der Waals surface area contributed by atoms with E-state index in [4.69, 9.17) is 0 Å². The quantitative estimate of drug-likeness (QED) is 0.611. The first kappa shape index (κ1) is 8.96. The van der Waals surface area contributed by atoms with Crippen molar-refractivity contribution >= 4 is 11.2 Å². The van der Waals surface area contributed by atoms with E-state index >= 15 is 0 Å². The summed E-state index contributed by atoms with van der Waals surface area (Å²) < 4.78 is 1.90. The molecule has 0 aliphatic carbocycles. The van der Waals surface area contributed by atoms with Gasteiger partial charge in [-0.15, -0.1) is 0 Å². The highest BCUT2D eigenvalue weighted by atomic mass is 15.1. The van der Waals surface area contributed by atoms with Crippen molar-refractivity contribution in [3.8, 4) is 11.4 Å². The summed E-state index contributed by atoms with van der Waals surface area (Å²) in [6.45, 7) is 0. The molecule has 0 saturated carbocycles. The Kier molecular flexibility index (Phi) is 1.89. The number of imidazole rings is 1. The van der Waals surface area contributed by atoms with Crippen molar-refractivity contribution in [3.63, 3.8) is 0 Å². The lowest BCUT2D eigenvalue weighted by atomic mass is 10.2. The minimum Gasteiger partial charge on any atom is -0.331 e. The molecule has 0 fully saturated rings. The normalized spacial score (nSPS) is 10.8. The summed E-state index contributed by atoms with van der Waals surface area (Å²) in [5, 5.41) is 0. The number of hydrogen-bond donors (Lipinski definition) is 0. The van der Waals surface area contributed by atoms with Crippen molar-refractivity contribution in [2.24, 2.45) is 7.05 Å². The van der Waals surface area contributed by atoms with Crippen molar-refractivity contribution in [1.29, 1.82) is 0 Å². The maximum atomic E-state index is 4.29. The molecule has 5 nitrogen and oxygen atoms in total. The minimum absolute atomic E-state index is 0.693. The van der Waals surface area contributed by atoms with E-state index in [1.165, 1.54) is 6.33 Å². The number of aromatic nitrogens is 5. The van der Waals surface area contributed by atoms with Gasteiger partial charge >= 0.3 is 0 Å². The van der Waals surface area contributed by atoms with Gasteiger partial charge in [0.05, 0.1) is 12.0 Å². The predicted molar refractivity (Wildman–Crippen MR) is 59.5 cm³/mol. The number of fused-ring (bicyclic) bond motifs is 1. The van der Waals surface area contributed by atoms with Gasteiger partial charge in [0.15, 0.2) is 5.65 Å². The van der Waals surface area contributed by atoms with E-state index in [0.29, 0.717) is 5.65 Å². The predicted octanol–water partition coefficient (Wildman–Crippen LogP) is 1.43. The first-order chi connectivity index (χ1) is 7.86. The molecule has 0 radical (unpaired) electrons. The van der Waals surface area contributed by atoms with Crippen molar-refractivity contribution in [2.75, 3.05) is 0 Å². The highest BCUT2D eigenvalue weighted by Gasteiger charge is 2.10. The second-order valence-corrected chi connectivity index (χ2v) is 3.46. The molecule has 0 aliphatic rings. The molecule has 0 bridgehead atoms. The highest BCUT2D eigenvalue weighted by molar-refractivity contribution is 5.85. The van der Waals surface area contributed by atoms with Crippen LogP contribution in [0.25, 0.3) is 22.6 Å². The van der Waals surface area contributed by atoms with Gasteiger partial charge in [-0.25, -0.2) is 15.0 Å². The molecule has 16 heavy (non-hydrogen) atoms. The number of aryl methyl sites for hydroxylation is 1. The molecule has 78 valence electrons. The van der Waals surface area contributed by atoms with Gasteiger partial charge in [0.25, 0.3) is 0 Å². The fourth-order valence-electron chi connectivity index (χ4n) is 1.68. The van der Waals surface area contributed by atoms with Gasteiger partial charge in [-0.2, -0.15) is 0 Å². The van der Waals surface area contributed by atoms with Crippen LogP contribution in [-0.2, 0) is 7.05 Å². The van der Waals surface area contributed by atoms with Gasteiger partial charge in [-0.1, -0.05) is 6.07 Å². The van der Waals surface area contributed by atoms with Gasteiger partial charge < -0.3 is 4.57 Å². The van der Waals surface area contributed by atoms with E-state index in [-0.39, 0.29) is 0 Å². The van der Waals surface area contributed by atoms with E-state index in [2.05, 4.69) is 19.9 Å². The van der Waals surface area contributed by atoms with Crippen LogP contribution in [0.15, 0.2) is 37.1 Å². The Morgan fingerprint density at radius 3 is 2.81 bits per heavy atom. The molecular formula is C11H9N5. The zero-order chi connectivity index (χ0) is 11.0. The number of nitrogens with zero attached hydrogens (tertiary/aromatic N) is 5. The molecule has 3 aromatic heterocycles. The molecule has 0 amide bonds. The SMILES string of the molecule is Cn1cnc2ncnc(-c3ccccn3)c21. The van der Waals surface area contributed by atoms with Crippen molar-refractivity contribution < 1.29 is 0 Å². The molecule has 0 atom stereocenters. The van der Waals surface area contributed by atoms with Crippen LogP contribution in [0.1, 0.15) is 0 Å². The summed E-state index contributed by atoms with van der Waals surface area (Å²) in [5.41, 5.74) is 3.24. The Morgan fingerprint density at radius 2 is 2.00 bits per heavy atom. The van der Waals surface area contributed by atoms with E-state index in [9.17, 15) is 0 Å². The Bertz CT molecular complexity index is 629. The monoisotopic (exact) mass is 211 g/mol. The standard InChI is InChI=1S/C11H9N5/c1-16-7-15-11-10(16)9(13-6-14-11)8-4-2-3-5-12-8/h2-7H,1H3. The van der Waals surface area contributed by atoms with Crippen LogP contribution in [0.4, 0.5) is 0 Å². The van der Waals surface area contributed by atoms with Crippen LogP contribution >= 0.6 is 0 Å². The van der Waals surface area contributed by atoms with Gasteiger partial charge in [0.1, 0.15) is 17.5 Å². The Morgan fingerprint density at radius 1 is 1.06 bits per heavy atom. The summed E-state index contributed by atoms with van der Waals surface area (Å²) in [7, 11) is 1.92. The van der Waals surface area contributed by atoms with E-state index in [1.54, 1.807) is 12.5 Å². The van der Waals surface area contributed by atoms with Gasteiger partial charge in [0.2, 0.25) is 0 Å². The first-order valence-corrected chi connectivity index (χ1v) is 4.89. The number of pyridine rings is 1. The van der Waals surface area contributed by atoms with Crippen LogP contribution in [-0.4, -0.2) is 24.5 Å². The van der Waals surface area contributed by atoms with Gasteiger partial charge in [-0.3, -0.25) is 4.98 Å². The van der Waals surface area contributed by atoms with Gasteiger partial charge in [0, 0.05) is 13.2 Å². The Hall–Kier alpha value is -2.30. The number of rotatable bonds is 1. The van der Waals surface area contributed by atoms with Crippen LogP contribution in [0, 0.1) is 0 Å². The fourth-order valence-corrected chi connectivity index (χ4v) is 1.68.